The molecule has 2 aromatic heterocycles. The summed E-state index contributed by atoms with van der Waals surface area (Å²) in [5, 5.41) is 0.679. The molecule has 166 valence electrons. The number of para-hydroxylation sites is 1. The molecule has 4 aromatic rings. The van der Waals surface area contributed by atoms with Gasteiger partial charge in [-0.2, -0.15) is 0 Å². The maximum absolute atomic E-state index is 13.8. The Morgan fingerprint density at radius 3 is 2.62 bits per heavy atom. The van der Waals surface area contributed by atoms with Crippen molar-refractivity contribution in [2.24, 2.45) is 0 Å². The third-order valence-electron chi connectivity index (χ3n) is 5.40. The predicted molar refractivity (Wildman–Crippen MR) is 127 cm³/mol. The van der Waals surface area contributed by atoms with E-state index in [0.717, 1.165) is 34.3 Å². The number of carbonyl (C=O) groups excluding carboxylic acids is 1. The Bertz CT molecular complexity index is 1190. The maximum Gasteiger partial charge on any atom is 0.263 e. The minimum atomic E-state index is -0.166. The molecule has 2 aromatic carbocycles. The number of ether oxygens (including phenoxy) is 2. The highest BCUT2D eigenvalue weighted by atomic mass is 32.1. The summed E-state index contributed by atoms with van der Waals surface area (Å²) in [7, 11) is 3.11. The minimum Gasteiger partial charge on any atom is -0.493 e. The quantitative estimate of drug-likeness (QED) is 0.383. The van der Waals surface area contributed by atoms with Gasteiger partial charge in [0, 0.05) is 25.5 Å². The molecule has 0 aliphatic rings. The topological polar surface area (TPSA) is 69.5 Å². The third-order valence-corrected chi connectivity index (χ3v) is 6.61. The Morgan fingerprint density at radius 1 is 1.12 bits per heavy atom. The Kier molecular flexibility index (Phi) is 6.41. The molecule has 0 bridgehead atoms. The zero-order valence-electron chi connectivity index (χ0n) is 18.7. The number of anilines is 1. The van der Waals surface area contributed by atoms with E-state index in [1.54, 1.807) is 61.2 Å². The van der Waals surface area contributed by atoms with Gasteiger partial charge in [0.15, 0.2) is 16.6 Å². The Hall–Kier alpha value is -3.39. The molecule has 4 rings (SSSR count). The molecule has 32 heavy (non-hydrogen) atoms. The number of methoxy groups -OCH3 is 2. The van der Waals surface area contributed by atoms with Crippen LogP contribution in [-0.2, 0) is 6.54 Å². The standard InChI is InChI=1S/C24H26N4O3S/c1-16-9-10-17(2)22-20(16)26-24(32-22)28(13-6-12-27-14-11-25-15-27)23(29)18-7-5-8-19(30-3)21(18)31-4/h5,7-11,14-15H,6,12-13H2,1-4H3. The first-order chi connectivity index (χ1) is 15.5. The maximum atomic E-state index is 13.8. The van der Waals surface area contributed by atoms with E-state index >= 15 is 0 Å². The van der Waals surface area contributed by atoms with Crippen molar-refractivity contribution < 1.29 is 14.3 Å². The van der Waals surface area contributed by atoms with Gasteiger partial charge in [-0.25, -0.2) is 9.97 Å². The fraction of sp³-hybridized carbons (Fsp3) is 0.292. The van der Waals surface area contributed by atoms with E-state index in [1.165, 1.54) is 0 Å². The first-order valence-electron chi connectivity index (χ1n) is 10.4. The van der Waals surface area contributed by atoms with E-state index in [1.807, 2.05) is 17.7 Å². The van der Waals surface area contributed by atoms with Gasteiger partial charge >= 0.3 is 0 Å². The highest BCUT2D eigenvalue weighted by molar-refractivity contribution is 7.22. The molecule has 0 atom stereocenters. The van der Waals surface area contributed by atoms with Crippen LogP contribution < -0.4 is 14.4 Å². The smallest absolute Gasteiger partial charge is 0.263 e. The van der Waals surface area contributed by atoms with Crippen LogP contribution in [0.5, 0.6) is 11.5 Å². The number of thiazole rings is 1. The molecule has 0 N–H and O–H groups in total. The number of hydrogen-bond donors (Lipinski definition) is 0. The summed E-state index contributed by atoms with van der Waals surface area (Å²) in [6.07, 6.45) is 6.20. The zero-order valence-corrected chi connectivity index (χ0v) is 19.5. The van der Waals surface area contributed by atoms with Gasteiger partial charge in [-0.3, -0.25) is 9.69 Å². The number of nitrogens with zero attached hydrogens (tertiary/aromatic N) is 4. The molecule has 0 aliphatic heterocycles. The van der Waals surface area contributed by atoms with E-state index in [2.05, 4.69) is 24.0 Å². The van der Waals surface area contributed by atoms with Gasteiger partial charge in [0.1, 0.15) is 0 Å². The molecule has 7 nitrogen and oxygen atoms in total. The van der Waals surface area contributed by atoms with Crippen LogP contribution in [0.15, 0.2) is 49.1 Å². The lowest BCUT2D eigenvalue weighted by atomic mass is 10.1. The number of hydrogen-bond acceptors (Lipinski definition) is 6. The fourth-order valence-corrected chi connectivity index (χ4v) is 4.82. The lowest BCUT2D eigenvalue weighted by molar-refractivity contribution is 0.0982. The largest absolute Gasteiger partial charge is 0.493 e. The molecule has 0 saturated carbocycles. The molecule has 1 amide bonds. The third kappa shape index (κ3) is 4.18. The summed E-state index contributed by atoms with van der Waals surface area (Å²) in [6.45, 7) is 5.37. The van der Waals surface area contributed by atoms with Crippen molar-refractivity contribution in [3.05, 3.63) is 65.7 Å². The number of carbonyl (C=O) groups is 1. The van der Waals surface area contributed by atoms with Crippen molar-refractivity contribution in [3.8, 4) is 11.5 Å². The summed E-state index contributed by atoms with van der Waals surface area (Å²) >= 11 is 1.54. The monoisotopic (exact) mass is 450 g/mol. The van der Waals surface area contributed by atoms with Crippen LogP contribution in [0.4, 0.5) is 5.13 Å². The van der Waals surface area contributed by atoms with E-state index in [-0.39, 0.29) is 5.91 Å². The Balaban J connectivity index is 1.73. The van der Waals surface area contributed by atoms with Gasteiger partial charge in [0.25, 0.3) is 5.91 Å². The fourth-order valence-electron chi connectivity index (χ4n) is 3.68. The average molecular weight is 451 g/mol. The van der Waals surface area contributed by atoms with Gasteiger partial charge in [0.05, 0.1) is 36.3 Å². The van der Waals surface area contributed by atoms with Gasteiger partial charge in [-0.15, -0.1) is 0 Å². The molecule has 0 aliphatic carbocycles. The first kappa shape index (κ1) is 21.8. The number of aryl methyl sites for hydroxylation is 3. The van der Waals surface area contributed by atoms with E-state index in [4.69, 9.17) is 14.5 Å². The van der Waals surface area contributed by atoms with Gasteiger partial charge in [-0.05, 0) is 43.5 Å². The minimum absolute atomic E-state index is 0.166. The van der Waals surface area contributed by atoms with Crippen molar-refractivity contribution in [1.29, 1.82) is 0 Å². The molecule has 0 saturated heterocycles. The predicted octanol–water partition coefficient (Wildman–Crippen LogP) is 4.86. The summed E-state index contributed by atoms with van der Waals surface area (Å²) in [5.41, 5.74) is 3.63. The SMILES string of the molecule is COc1cccc(C(=O)N(CCCn2ccnc2)c2nc3c(C)ccc(C)c3s2)c1OC. The van der Waals surface area contributed by atoms with E-state index < -0.39 is 0 Å². The van der Waals surface area contributed by atoms with Gasteiger partial charge in [-0.1, -0.05) is 29.5 Å². The second-order valence-electron chi connectivity index (χ2n) is 7.53. The number of amides is 1. The first-order valence-corrected chi connectivity index (χ1v) is 11.2. The zero-order chi connectivity index (χ0) is 22.7. The molecule has 0 fully saturated rings. The molecule has 2 heterocycles. The van der Waals surface area contributed by atoms with Crippen molar-refractivity contribution in [3.63, 3.8) is 0 Å². The summed E-state index contributed by atoms with van der Waals surface area (Å²) in [5.74, 6) is 0.779. The normalized spacial score (nSPS) is 11.0. The molecular formula is C24H26N4O3S. The van der Waals surface area contributed by atoms with Crippen LogP contribution in [0.3, 0.4) is 0 Å². The molecule has 0 spiro atoms. The number of aromatic nitrogens is 3. The van der Waals surface area contributed by atoms with Crippen molar-refractivity contribution >= 4 is 32.6 Å². The lowest BCUT2D eigenvalue weighted by Crippen LogP contribution is -2.32. The number of benzene rings is 2. The second kappa shape index (κ2) is 9.40. The second-order valence-corrected chi connectivity index (χ2v) is 8.50. The highest BCUT2D eigenvalue weighted by Gasteiger charge is 2.26. The van der Waals surface area contributed by atoms with Crippen LogP contribution in [-0.4, -0.2) is 41.2 Å². The Morgan fingerprint density at radius 2 is 1.94 bits per heavy atom. The van der Waals surface area contributed by atoms with Crippen LogP contribution in [0.2, 0.25) is 0 Å². The van der Waals surface area contributed by atoms with Crippen LogP contribution >= 0.6 is 11.3 Å². The average Bonchev–Trinajstić information content (AvgIpc) is 3.49. The van der Waals surface area contributed by atoms with Crippen LogP contribution in [0, 0.1) is 13.8 Å². The van der Waals surface area contributed by atoms with Gasteiger partial charge < -0.3 is 14.0 Å². The van der Waals surface area contributed by atoms with Gasteiger partial charge in [0.2, 0.25) is 0 Å². The van der Waals surface area contributed by atoms with E-state index in [0.29, 0.717) is 28.7 Å². The number of fused-ring (bicyclic) bond motifs is 1. The molecule has 8 heteroatoms. The van der Waals surface area contributed by atoms with Crippen molar-refractivity contribution in [2.75, 3.05) is 25.7 Å². The lowest BCUT2D eigenvalue weighted by Gasteiger charge is -2.22. The van der Waals surface area contributed by atoms with Crippen LogP contribution in [0.25, 0.3) is 10.2 Å². The number of rotatable bonds is 8. The molecular weight excluding hydrogens is 424 g/mol. The molecule has 0 radical (unpaired) electrons. The van der Waals surface area contributed by atoms with Crippen molar-refractivity contribution in [2.45, 2.75) is 26.8 Å². The molecule has 0 unspecified atom stereocenters. The van der Waals surface area contributed by atoms with Crippen molar-refractivity contribution in [1.82, 2.24) is 14.5 Å². The summed E-state index contributed by atoms with van der Waals surface area (Å²) in [6, 6.07) is 9.50. The Labute approximate surface area is 191 Å². The summed E-state index contributed by atoms with van der Waals surface area (Å²) in [4.78, 5) is 24.5. The summed E-state index contributed by atoms with van der Waals surface area (Å²) < 4.78 is 14.0. The highest BCUT2D eigenvalue weighted by Crippen LogP contribution is 2.36. The van der Waals surface area contributed by atoms with E-state index in [9.17, 15) is 4.79 Å². The van der Waals surface area contributed by atoms with Crippen LogP contribution in [0.1, 0.15) is 27.9 Å². The number of imidazole rings is 1.